The van der Waals surface area contributed by atoms with Gasteiger partial charge in [-0.3, -0.25) is 4.79 Å². The molecule has 0 unspecified atom stereocenters. The molecule has 0 aliphatic carbocycles. The highest BCUT2D eigenvalue weighted by Gasteiger charge is 2.21. The molecule has 2 aromatic rings. The number of ether oxygens (including phenoxy) is 2. The van der Waals surface area contributed by atoms with Crippen LogP contribution in [0, 0.1) is 6.92 Å². The molecule has 3 rings (SSSR count). The summed E-state index contributed by atoms with van der Waals surface area (Å²) in [5.41, 5.74) is 2.45. The molecular weight excluding hydrogens is 318 g/mol. The first kappa shape index (κ1) is 17.0. The van der Waals surface area contributed by atoms with Gasteiger partial charge in [-0.15, -0.1) is 0 Å². The van der Waals surface area contributed by atoms with Crippen LogP contribution in [0.5, 0.6) is 5.75 Å². The normalized spacial score (nSPS) is 13.8. The minimum absolute atomic E-state index is 0.128. The zero-order valence-corrected chi connectivity index (χ0v) is 14.2. The van der Waals surface area contributed by atoms with Crippen LogP contribution in [0.3, 0.4) is 0 Å². The smallest absolute Gasteiger partial charge is 0.338 e. The molecule has 0 spiro atoms. The third kappa shape index (κ3) is 4.38. The molecule has 1 aliphatic rings. The van der Waals surface area contributed by atoms with Crippen LogP contribution in [0.1, 0.15) is 28.8 Å². The standard InChI is InChI=1S/C20H21NO4/c1-15-4-10-18(11-5-15)24-13-14-25-20(23)16-6-8-17(9-7-16)21-12-2-3-19(21)22/h4-11H,2-3,12-14H2,1H3. The number of nitrogens with zero attached hydrogens (tertiary/aromatic N) is 1. The first-order chi connectivity index (χ1) is 12.1. The van der Waals surface area contributed by atoms with Crippen molar-refractivity contribution in [3.8, 4) is 5.75 Å². The second-order valence-corrected chi connectivity index (χ2v) is 5.99. The van der Waals surface area contributed by atoms with Gasteiger partial charge in [0.05, 0.1) is 5.56 Å². The quantitative estimate of drug-likeness (QED) is 0.598. The Kier molecular flexibility index (Phi) is 5.33. The molecule has 0 bridgehead atoms. The van der Waals surface area contributed by atoms with E-state index in [1.807, 2.05) is 31.2 Å². The maximum absolute atomic E-state index is 12.0. The number of carbonyl (C=O) groups is 2. The Hall–Kier alpha value is -2.82. The molecule has 0 saturated carbocycles. The number of benzene rings is 2. The van der Waals surface area contributed by atoms with Crippen molar-refractivity contribution in [2.45, 2.75) is 19.8 Å². The highest BCUT2D eigenvalue weighted by molar-refractivity contribution is 5.96. The van der Waals surface area contributed by atoms with Crippen molar-refractivity contribution in [2.24, 2.45) is 0 Å². The van der Waals surface area contributed by atoms with E-state index < -0.39 is 5.97 Å². The van der Waals surface area contributed by atoms with E-state index in [0.717, 1.165) is 30.0 Å². The van der Waals surface area contributed by atoms with Gasteiger partial charge in [0, 0.05) is 18.7 Å². The highest BCUT2D eigenvalue weighted by atomic mass is 16.6. The van der Waals surface area contributed by atoms with Crippen LogP contribution in [-0.4, -0.2) is 31.6 Å². The van der Waals surface area contributed by atoms with Crippen molar-refractivity contribution in [1.82, 2.24) is 0 Å². The number of esters is 1. The Morgan fingerprint density at radius 3 is 2.40 bits per heavy atom. The maximum Gasteiger partial charge on any atom is 0.338 e. The molecule has 5 nitrogen and oxygen atoms in total. The van der Waals surface area contributed by atoms with Gasteiger partial charge in [0.15, 0.2) is 0 Å². The van der Waals surface area contributed by atoms with E-state index in [1.54, 1.807) is 29.2 Å². The van der Waals surface area contributed by atoms with Gasteiger partial charge in [-0.25, -0.2) is 4.79 Å². The molecule has 1 aliphatic heterocycles. The van der Waals surface area contributed by atoms with E-state index in [4.69, 9.17) is 9.47 Å². The lowest BCUT2D eigenvalue weighted by molar-refractivity contribution is -0.117. The summed E-state index contributed by atoms with van der Waals surface area (Å²) in [4.78, 5) is 25.5. The Morgan fingerprint density at radius 2 is 1.76 bits per heavy atom. The van der Waals surface area contributed by atoms with Crippen LogP contribution in [0.25, 0.3) is 0 Å². The lowest BCUT2D eigenvalue weighted by Gasteiger charge is -2.15. The lowest BCUT2D eigenvalue weighted by Crippen LogP contribution is -2.23. The summed E-state index contributed by atoms with van der Waals surface area (Å²) < 4.78 is 10.7. The van der Waals surface area contributed by atoms with Crippen LogP contribution < -0.4 is 9.64 Å². The van der Waals surface area contributed by atoms with Crippen molar-refractivity contribution in [3.05, 3.63) is 59.7 Å². The van der Waals surface area contributed by atoms with E-state index in [2.05, 4.69) is 0 Å². The molecule has 25 heavy (non-hydrogen) atoms. The van der Waals surface area contributed by atoms with Gasteiger partial charge >= 0.3 is 5.97 Å². The minimum atomic E-state index is -0.396. The fraction of sp³-hybridized carbons (Fsp3) is 0.300. The van der Waals surface area contributed by atoms with Gasteiger partial charge in [-0.1, -0.05) is 17.7 Å². The van der Waals surface area contributed by atoms with E-state index >= 15 is 0 Å². The molecular formula is C20H21NO4. The Balaban J connectivity index is 1.46. The molecule has 2 aromatic carbocycles. The predicted octanol–water partition coefficient (Wildman–Crippen LogP) is 3.36. The molecule has 0 atom stereocenters. The summed E-state index contributed by atoms with van der Waals surface area (Å²) >= 11 is 0. The molecule has 1 amide bonds. The number of carbonyl (C=O) groups excluding carboxylic acids is 2. The van der Waals surface area contributed by atoms with Gasteiger partial charge in [0.2, 0.25) is 5.91 Å². The van der Waals surface area contributed by atoms with E-state index in [9.17, 15) is 9.59 Å². The maximum atomic E-state index is 12.0. The van der Waals surface area contributed by atoms with Crippen LogP contribution in [0.4, 0.5) is 5.69 Å². The molecule has 5 heteroatoms. The van der Waals surface area contributed by atoms with E-state index in [0.29, 0.717) is 18.6 Å². The van der Waals surface area contributed by atoms with Crippen molar-refractivity contribution in [2.75, 3.05) is 24.7 Å². The Morgan fingerprint density at radius 1 is 1.04 bits per heavy atom. The number of hydrogen-bond acceptors (Lipinski definition) is 4. The average molecular weight is 339 g/mol. The highest BCUT2D eigenvalue weighted by Crippen LogP contribution is 2.21. The fourth-order valence-electron chi connectivity index (χ4n) is 2.71. The van der Waals surface area contributed by atoms with E-state index in [-0.39, 0.29) is 12.5 Å². The van der Waals surface area contributed by atoms with Gasteiger partial charge < -0.3 is 14.4 Å². The first-order valence-electron chi connectivity index (χ1n) is 8.40. The van der Waals surface area contributed by atoms with Gasteiger partial charge in [0.25, 0.3) is 0 Å². The zero-order chi connectivity index (χ0) is 17.6. The Bertz CT molecular complexity index is 737. The van der Waals surface area contributed by atoms with Crippen LogP contribution in [0.2, 0.25) is 0 Å². The van der Waals surface area contributed by atoms with Crippen molar-refractivity contribution >= 4 is 17.6 Å². The average Bonchev–Trinajstić information content (AvgIpc) is 3.06. The van der Waals surface area contributed by atoms with Crippen LogP contribution in [-0.2, 0) is 9.53 Å². The third-order valence-electron chi connectivity index (χ3n) is 4.09. The van der Waals surface area contributed by atoms with Crippen LogP contribution in [0.15, 0.2) is 48.5 Å². The van der Waals surface area contributed by atoms with E-state index in [1.165, 1.54) is 0 Å². The fourth-order valence-corrected chi connectivity index (χ4v) is 2.71. The van der Waals surface area contributed by atoms with Crippen LogP contribution >= 0.6 is 0 Å². The molecule has 0 aromatic heterocycles. The number of aryl methyl sites for hydroxylation is 1. The van der Waals surface area contributed by atoms with Gasteiger partial charge in [-0.2, -0.15) is 0 Å². The predicted molar refractivity (Wildman–Crippen MR) is 95.0 cm³/mol. The Labute approximate surface area is 147 Å². The molecule has 1 saturated heterocycles. The lowest BCUT2D eigenvalue weighted by atomic mass is 10.2. The SMILES string of the molecule is Cc1ccc(OCCOC(=O)c2ccc(N3CCCC3=O)cc2)cc1. The first-order valence-corrected chi connectivity index (χ1v) is 8.40. The monoisotopic (exact) mass is 339 g/mol. The summed E-state index contributed by atoms with van der Waals surface area (Å²) in [7, 11) is 0. The molecule has 130 valence electrons. The number of anilines is 1. The van der Waals surface area contributed by atoms with Gasteiger partial charge in [0.1, 0.15) is 19.0 Å². The topological polar surface area (TPSA) is 55.8 Å². The van der Waals surface area contributed by atoms with Crippen molar-refractivity contribution in [1.29, 1.82) is 0 Å². The summed E-state index contributed by atoms with van der Waals surface area (Å²) in [5, 5.41) is 0. The van der Waals surface area contributed by atoms with Gasteiger partial charge in [-0.05, 0) is 49.7 Å². The molecule has 0 radical (unpaired) electrons. The summed E-state index contributed by atoms with van der Waals surface area (Å²) in [6.45, 7) is 3.23. The summed E-state index contributed by atoms with van der Waals surface area (Å²) in [6.07, 6.45) is 1.47. The molecule has 1 fully saturated rings. The van der Waals surface area contributed by atoms with Crippen molar-refractivity contribution < 1.29 is 19.1 Å². The summed E-state index contributed by atoms with van der Waals surface area (Å²) in [5.74, 6) is 0.483. The number of amides is 1. The molecule has 1 heterocycles. The third-order valence-corrected chi connectivity index (χ3v) is 4.09. The number of rotatable bonds is 6. The van der Waals surface area contributed by atoms with Crippen molar-refractivity contribution in [3.63, 3.8) is 0 Å². The summed E-state index contributed by atoms with van der Waals surface area (Å²) in [6, 6.07) is 14.6. The zero-order valence-electron chi connectivity index (χ0n) is 14.2. The second-order valence-electron chi connectivity index (χ2n) is 5.99. The minimum Gasteiger partial charge on any atom is -0.490 e. The second kappa shape index (κ2) is 7.83. The molecule has 0 N–H and O–H groups in total. The largest absolute Gasteiger partial charge is 0.490 e. The number of hydrogen-bond donors (Lipinski definition) is 0.